The van der Waals surface area contributed by atoms with Crippen LogP contribution in [0.15, 0.2) is 36.4 Å². The summed E-state index contributed by atoms with van der Waals surface area (Å²) in [5.74, 6) is 0.474. The molecule has 3 amide bonds. The fourth-order valence-corrected chi connectivity index (χ4v) is 5.55. The first-order chi connectivity index (χ1) is 12.5. The van der Waals surface area contributed by atoms with Crippen LogP contribution in [0.3, 0.4) is 0 Å². The maximum Gasteiger partial charge on any atom is 0.235 e. The first-order valence-electron chi connectivity index (χ1n) is 9.05. The van der Waals surface area contributed by atoms with Gasteiger partial charge in [-0.3, -0.25) is 24.2 Å². The zero-order valence-corrected chi connectivity index (χ0v) is 15.1. The normalized spacial score (nSPS) is 36.2. The van der Waals surface area contributed by atoms with Gasteiger partial charge in [-0.2, -0.15) is 0 Å². The molecule has 1 aromatic carbocycles. The molecule has 6 rings (SSSR count). The molecular formula is C20H19ClN2O3. The molecule has 26 heavy (non-hydrogen) atoms. The van der Waals surface area contributed by atoms with Gasteiger partial charge >= 0.3 is 0 Å². The lowest BCUT2D eigenvalue weighted by Gasteiger charge is -2.37. The Morgan fingerprint density at radius 3 is 2.23 bits per heavy atom. The van der Waals surface area contributed by atoms with Crippen molar-refractivity contribution in [3.63, 3.8) is 0 Å². The number of imide groups is 1. The molecule has 0 radical (unpaired) electrons. The minimum Gasteiger partial charge on any atom is -0.292 e. The predicted molar refractivity (Wildman–Crippen MR) is 96.0 cm³/mol. The largest absolute Gasteiger partial charge is 0.292 e. The fourth-order valence-electron chi connectivity index (χ4n) is 5.32. The molecule has 5 aliphatic rings. The van der Waals surface area contributed by atoms with Gasteiger partial charge in [-0.15, -0.1) is 0 Å². The summed E-state index contributed by atoms with van der Waals surface area (Å²) in [6.45, 7) is 1.35. The lowest BCUT2D eigenvalue weighted by molar-refractivity contribution is -0.140. The minimum absolute atomic E-state index is 0.0709. The number of rotatable bonds is 3. The molecule has 0 aromatic heterocycles. The van der Waals surface area contributed by atoms with E-state index in [2.05, 4.69) is 12.2 Å². The Kier molecular flexibility index (Phi) is 3.35. The van der Waals surface area contributed by atoms with Crippen LogP contribution in [0.25, 0.3) is 0 Å². The molecule has 2 saturated carbocycles. The number of allylic oxidation sites excluding steroid dienone is 2. The minimum atomic E-state index is -0.252. The fraction of sp³-hybridized carbons (Fsp3) is 0.450. The topological polar surface area (TPSA) is 57.7 Å². The molecule has 6 atom stereocenters. The summed E-state index contributed by atoms with van der Waals surface area (Å²) in [5.41, 5.74) is 0.515. The summed E-state index contributed by atoms with van der Waals surface area (Å²) in [5, 5.41) is 0.419. The summed E-state index contributed by atoms with van der Waals surface area (Å²) >= 11 is 6.23. The van der Waals surface area contributed by atoms with Gasteiger partial charge in [0.25, 0.3) is 0 Å². The second-order valence-corrected chi connectivity index (χ2v) is 8.21. The highest BCUT2D eigenvalue weighted by Crippen LogP contribution is 2.65. The van der Waals surface area contributed by atoms with Crippen LogP contribution in [0.4, 0.5) is 5.69 Å². The van der Waals surface area contributed by atoms with Gasteiger partial charge in [0.05, 0.1) is 22.5 Å². The van der Waals surface area contributed by atoms with Crippen molar-refractivity contribution in [2.45, 2.75) is 13.3 Å². The third-order valence-corrected chi connectivity index (χ3v) is 6.88. The summed E-state index contributed by atoms with van der Waals surface area (Å²) in [4.78, 5) is 41.1. The number of nitrogens with zero attached hydrogens (tertiary/aromatic N) is 2. The van der Waals surface area contributed by atoms with Gasteiger partial charge in [-0.05, 0) is 42.2 Å². The highest BCUT2D eigenvalue weighted by Gasteiger charge is 2.67. The number of hydrogen-bond donors (Lipinski definition) is 0. The van der Waals surface area contributed by atoms with E-state index in [1.54, 1.807) is 24.3 Å². The van der Waals surface area contributed by atoms with Crippen LogP contribution in [0, 0.1) is 35.5 Å². The zero-order valence-electron chi connectivity index (χ0n) is 14.3. The highest BCUT2D eigenvalue weighted by molar-refractivity contribution is 6.33. The Hall–Kier alpha value is -2.14. The van der Waals surface area contributed by atoms with Crippen LogP contribution in [0.2, 0.25) is 5.02 Å². The molecule has 3 fully saturated rings. The van der Waals surface area contributed by atoms with Crippen LogP contribution in [0.5, 0.6) is 0 Å². The van der Waals surface area contributed by atoms with E-state index >= 15 is 0 Å². The first-order valence-corrected chi connectivity index (χ1v) is 9.43. The number of carbonyl (C=O) groups is 3. The number of likely N-dealkylation sites (tertiary alicyclic amines) is 1. The molecular weight excluding hydrogens is 352 g/mol. The lowest BCUT2D eigenvalue weighted by atomic mass is 9.63. The third kappa shape index (κ3) is 2.07. The summed E-state index contributed by atoms with van der Waals surface area (Å²) < 4.78 is 0. The van der Waals surface area contributed by atoms with Crippen molar-refractivity contribution in [1.29, 1.82) is 0 Å². The Labute approximate surface area is 156 Å². The SMILES string of the molecule is CC(=O)N(CN1C(=O)C2C3C=CC(C4CC34)C2C1=O)c1ccccc1Cl. The second-order valence-electron chi connectivity index (χ2n) is 7.80. The van der Waals surface area contributed by atoms with Crippen LogP contribution < -0.4 is 4.90 Å². The summed E-state index contributed by atoms with van der Waals surface area (Å²) in [6, 6.07) is 6.98. The van der Waals surface area contributed by atoms with Crippen LogP contribution in [-0.4, -0.2) is 29.3 Å². The average molecular weight is 371 g/mol. The Morgan fingerprint density at radius 2 is 1.69 bits per heavy atom. The van der Waals surface area contributed by atoms with Crippen LogP contribution in [-0.2, 0) is 14.4 Å². The van der Waals surface area contributed by atoms with Crippen molar-refractivity contribution < 1.29 is 14.4 Å². The van der Waals surface area contributed by atoms with Gasteiger partial charge in [0.1, 0.15) is 6.67 Å². The molecule has 1 aliphatic heterocycles. The molecule has 5 nitrogen and oxygen atoms in total. The standard InChI is InChI=1S/C20H19ClN2O3/c1-10(24)22(16-5-3-2-4-15(16)21)9-23-19(25)17-11-6-7-12(14-8-13(11)14)18(17)20(23)26/h2-7,11-14,17-18H,8-9H2,1H3. The molecule has 6 unspecified atom stereocenters. The van der Waals surface area contributed by atoms with Crippen molar-refractivity contribution >= 4 is 35.0 Å². The lowest BCUT2D eigenvalue weighted by Crippen LogP contribution is -2.44. The highest BCUT2D eigenvalue weighted by atomic mass is 35.5. The molecule has 4 aliphatic carbocycles. The number of hydrogen-bond acceptors (Lipinski definition) is 3. The number of para-hydroxylation sites is 1. The van der Waals surface area contributed by atoms with Crippen molar-refractivity contribution in [1.82, 2.24) is 4.90 Å². The maximum absolute atomic E-state index is 13.1. The van der Waals surface area contributed by atoms with Crippen molar-refractivity contribution in [3.05, 3.63) is 41.4 Å². The monoisotopic (exact) mass is 370 g/mol. The number of anilines is 1. The Bertz CT molecular complexity index is 830. The molecule has 0 spiro atoms. The van der Waals surface area contributed by atoms with Crippen LogP contribution in [0.1, 0.15) is 13.3 Å². The van der Waals surface area contributed by atoms with E-state index in [4.69, 9.17) is 11.6 Å². The summed E-state index contributed by atoms with van der Waals surface area (Å²) in [7, 11) is 0. The van der Waals surface area contributed by atoms with Crippen LogP contribution >= 0.6 is 11.6 Å². The Morgan fingerprint density at radius 1 is 1.12 bits per heavy atom. The van der Waals surface area contributed by atoms with E-state index in [1.165, 1.54) is 16.7 Å². The second kappa shape index (κ2) is 5.43. The maximum atomic E-state index is 13.1. The molecule has 134 valence electrons. The van der Waals surface area contributed by atoms with E-state index < -0.39 is 0 Å². The van der Waals surface area contributed by atoms with Gasteiger partial charge in [0.2, 0.25) is 17.7 Å². The number of carbonyl (C=O) groups excluding carboxylic acids is 3. The molecule has 1 aromatic rings. The zero-order chi connectivity index (χ0) is 18.2. The van der Waals surface area contributed by atoms with Crippen molar-refractivity contribution in [2.24, 2.45) is 35.5 Å². The molecule has 0 N–H and O–H groups in total. The number of benzene rings is 1. The average Bonchev–Trinajstić information content (AvgIpc) is 3.40. The van der Waals surface area contributed by atoms with E-state index in [-0.39, 0.29) is 48.1 Å². The van der Waals surface area contributed by atoms with Crippen molar-refractivity contribution in [2.75, 3.05) is 11.6 Å². The van der Waals surface area contributed by atoms with Crippen molar-refractivity contribution in [3.8, 4) is 0 Å². The Balaban J connectivity index is 1.46. The quantitative estimate of drug-likeness (QED) is 0.607. The molecule has 2 bridgehead atoms. The smallest absolute Gasteiger partial charge is 0.235 e. The third-order valence-electron chi connectivity index (χ3n) is 6.56. The van der Waals surface area contributed by atoms with Gasteiger partial charge in [0, 0.05) is 6.92 Å². The van der Waals surface area contributed by atoms with E-state index in [9.17, 15) is 14.4 Å². The summed E-state index contributed by atoms with van der Waals surface area (Å²) in [6.07, 6.45) is 5.42. The van der Waals surface area contributed by atoms with Gasteiger partial charge < -0.3 is 0 Å². The van der Waals surface area contributed by atoms with Gasteiger partial charge in [0.15, 0.2) is 0 Å². The molecule has 6 heteroatoms. The molecule has 1 saturated heterocycles. The first kappa shape index (κ1) is 16.1. The van der Waals surface area contributed by atoms with E-state index in [0.29, 0.717) is 22.5 Å². The van der Waals surface area contributed by atoms with Gasteiger partial charge in [-0.1, -0.05) is 35.9 Å². The van der Waals surface area contributed by atoms with Gasteiger partial charge in [-0.25, -0.2) is 0 Å². The number of halogens is 1. The van der Waals surface area contributed by atoms with E-state index in [1.807, 2.05) is 0 Å². The van der Waals surface area contributed by atoms with E-state index in [0.717, 1.165) is 6.42 Å². The molecule has 1 heterocycles. The predicted octanol–water partition coefficient (Wildman–Crippen LogP) is 2.70. The number of amides is 3.